The topological polar surface area (TPSA) is 102 Å². The Morgan fingerprint density at radius 1 is 0.533 bits per heavy atom. The molecule has 0 aliphatic carbocycles. The van der Waals surface area contributed by atoms with Gasteiger partial charge in [0.1, 0.15) is 12.6 Å². The third-order valence-electron chi connectivity index (χ3n) is 9.52. The summed E-state index contributed by atoms with van der Waals surface area (Å²) in [4.78, 5) is 36.9. The van der Waals surface area contributed by atoms with Crippen LogP contribution in [0.15, 0.2) is 109 Å². The number of carbonyl (C=O) groups is 3. The molecule has 0 aromatic rings. The number of esters is 2. The maximum absolute atomic E-state index is 12.7. The number of ether oxygens (including phenoxy) is 3. The third-order valence-corrected chi connectivity index (χ3v) is 9.52. The highest BCUT2D eigenvalue weighted by Crippen LogP contribution is 2.12. The molecule has 60 heavy (non-hydrogen) atoms. The Labute approximate surface area is 366 Å². The van der Waals surface area contributed by atoms with Crippen LogP contribution >= 0.6 is 0 Å². The number of carbonyl (C=O) groups excluding carboxylic acids is 3. The van der Waals surface area contributed by atoms with Crippen molar-refractivity contribution in [3.63, 3.8) is 0 Å². The van der Waals surface area contributed by atoms with E-state index in [1.165, 1.54) is 25.7 Å². The normalized spacial score (nSPS) is 13.9. The van der Waals surface area contributed by atoms with Gasteiger partial charge in [-0.3, -0.25) is 9.59 Å². The highest BCUT2D eigenvalue weighted by molar-refractivity contribution is 5.70. The Morgan fingerprint density at radius 2 is 1.00 bits per heavy atom. The Kier molecular flexibility index (Phi) is 38.9. The Morgan fingerprint density at radius 3 is 1.55 bits per heavy atom. The fourth-order valence-corrected chi connectivity index (χ4v) is 5.96. The monoisotopic (exact) mass is 834 g/mol. The number of unbranched alkanes of at least 4 members (excludes halogenated alkanes) is 11. The standard InChI is InChI=1S/C52H83NO7/c1-6-8-10-12-14-16-18-20-22-23-24-25-26-27-29-30-32-34-36-38-40-42-50(54)59-47-48(46-58-45-44-49(52(56)57)53(3,4)5)60-51(55)43-41-39-37-35-33-31-28-21-19-17-15-13-11-9-7-2/h9,11,13-17,19-22,24-25,27-29,31,33,48-49H,6-8,10,12,18,23,26,30,32,34-47H2,1-5H3/b11-9+,15-13+,16-14+,19-17+,22-20+,25-24+,28-21+,29-27+,33-31+. The van der Waals surface area contributed by atoms with Gasteiger partial charge in [-0.1, -0.05) is 162 Å². The molecule has 0 rings (SSSR count). The largest absolute Gasteiger partial charge is 0.544 e. The van der Waals surface area contributed by atoms with Gasteiger partial charge in [0, 0.05) is 19.3 Å². The van der Waals surface area contributed by atoms with E-state index in [4.69, 9.17) is 14.2 Å². The van der Waals surface area contributed by atoms with Crippen LogP contribution in [0.25, 0.3) is 0 Å². The quantitative estimate of drug-likeness (QED) is 0.0200. The summed E-state index contributed by atoms with van der Waals surface area (Å²) >= 11 is 0. The van der Waals surface area contributed by atoms with Gasteiger partial charge in [-0.05, 0) is 77.0 Å². The highest BCUT2D eigenvalue weighted by Gasteiger charge is 2.25. The molecule has 0 saturated heterocycles. The average molecular weight is 834 g/mol. The highest BCUT2D eigenvalue weighted by atomic mass is 16.6. The summed E-state index contributed by atoms with van der Waals surface area (Å²) in [6, 6.07) is -0.744. The molecule has 0 amide bonds. The zero-order chi connectivity index (χ0) is 44.2. The number of likely N-dealkylation sites (N-methyl/N-ethyl adjacent to an activating group) is 1. The van der Waals surface area contributed by atoms with Crippen molar-refractivity contribution in [1.29, 1.82) is 0 Å². The van der Waals surface area contributed by atoms with Gasteiger partial charge in [-0.15, -0.1) is 0 Å². The number of quaternary nitrogens is 1. The van der Waals surface area contributed by atoms with Crippen LogP contribution in [0.2, 0.25) is 0 Å². The summed E-state index contributed by atoms with van der Waals surface area (Å²) < 4.78 is 17.1. The molecule has 0 bridgehead atoms. The van der Waals surface area contributed by atoms with Crippen LogP contribution in [0.5, 0.6) is 0 Å². The molecule has 2 unspecified atom stereocenters. The maximum Gasteiger partial charge on any atom is 0.306 e. The van der Waals surface area contributed by atoms with Gasteiger partial charge in [0.2, 0.25) is 0 Å². The molecule has 8 heteroatoms. The van der Waals surface area contributed by atoms with E-state index in [1.807, 2.05) is 48.6 Å². The molecule has 2 atom stereocenters. The predicted octanol–water partition coefficient (Wildman–Crippen LogP) is 11.5. The van der Waals surface area contributed by atoms with Gasteiger partial charge < -0.3 is 28.6 Å². The van der Waals surface area contributed by atoms with Crippen molar-refractivity contribution in [1.82, 2.24) is 0 Å². The van der Waals surface area contributed by atoms with E-state index in [9.17, 15) is 19.5 Å². The van der Waals surface area contributed by atoms with Crippen LogP contribution in [0.4, 0.5) is 0 Å². The van der Waals surface area contributed by atoms with Gasteiger partial charge in [0.15, 0.2) is 6.10 Å². The molecule has 0 aromatic carbocycles. The van der Waals surface area contributed by atoms with Crippen LogP contribution < -0.4 is 5.11 Å². The van der Waals surface area contributed by atoms with Crippen LogP contribution in [0, 0.1) is 0 Å². The first-order chi connectivity index (χ1) is 29.1. The van der Waals surface area contributed by atoms with Gasteiger partial charge in [0.25, 0.3) is 0 Å². The minimum absolute atomic E-state index is 0.00899. The van der Waals surface area contributed by atoms with Crippen LogP contribution in [0.3, 0.4) is 0 Å². The number of allylic oxidation sites excluding steroid dienone is 18. The zero-order valence-corrected chi connectivity index (χ0v) is 38.3. The molecule has 0 fully saturated rings. The smallest absolute Gasteiger partial charge is 0.306 e. The lowest BCUT2D eigenvalue weighted by Crippen LogP contribution is -2.55. The van der Waals surface area contributed by atoms with Gasteiger partial charge in [0.05, 0.1) is 40.3 Å². The molecule has 0 aliphatic heterocycles. The minimum Gasteiger partial charge on any atom is -0.544 e. The number of nitrogens with zero attached hydrogens (tertiary/aromatic N) is 1. The van der Waals surface area contributed by atoms with E-state index in [0.717, 1.165) is 83.5 Å². The summed E-state index contributed by atoms with van der Waals surface area (Å²) in [5, 5.41) is 11.6. The molecule has 0 radical (unpaired) electrons. The molecule has 338 valence electrons. The van der Waals surface area contributed by atoms with Gasteiger partial charge >= 0.3 is 11.9 Å². The molecule has 0 aromatic heterocycles. The summed E-state index contributed by atoms with van der Waals surface area (Å²) in [5.41, 5.74) is 0. The van der Waals surface area contributed by atoms with Gasteiger partial charge in [-0.2, -0.15) is 0 Å². The number of aliphatic carboxylic acids is 1. The zero-order valence-electron chi connectivity index (χ0n) is 38.3. The summed E-state index contributed by atoms with van der Waals surface area (Å²) in [6.07, 6.45) is 56.8. The Hall–Kier alpha value is -4.01. The minimum atomic E-state index is -1.14. The third kappa shape index (κ3) is 39.5. The van der Waals surface area contributed by atoms with E-state index in [1.54, 1.807) is 21.1 Å². The van der Waals surface area contributed by atoms with Crippen LogP contribution in [-0.2, 0) is 28.6 Å². The first-order valence-corrected chi connectivity index (χ1v) is 23.0. The number of hydrogen-bond donors (Lipinski definition) is 0. The van der Waals surface area contributed by atoms with Crippen LogP contribution in [-0.4, -0.2) is 75.5 Å². The summed E-state index contributed by atoms with van der Waals surface area (Å²) in [6.45, 7) is 4.40. The van der Waals surface area contributed by atoms with Crippen molar-refractivity contribution in [2.75, 3.05) is 41.0 Å². The fourth-order valence-electron chi connectivity index (χ4n) is 5.96. The van der Waals surface area contributed by atoms with Crippen LogP contribution in [0.1, 0.15) is 149 Å². The van der Waals surface area contributed by atoms with E-state index < -0.39 is 18.1 Å². The number of hydrogen-bond acceptors (Lipinski definition) is 7. The van der Waals surface area contributed by atoms with Crippen molar-refractivity contribution in [2.45, 2.75) is 161 Å². The predicted molar refractivity (Wildman–Crippen MR) is 249 cm³/mol. The Bertz CT molecular complexity index is 1340. The average Bonchev–Trinajstić information content (AvgIpc) is 3.21. The molecule has 0 aliphatic rings. The van der Waals surface area contributed by atoms with Crippen molar-refractivity contribution in [3.05, 3.63) is 109 Å². The second kappa shape index (κ2) is 41.7. The van der Waals surface area contributed by atoms with Crippen molar-refractivity contribution >= 4 is 17.9 Å². The lowest BCUT2D eigenvalue weighted by atomic mass is 10.1. The molecule has 0 spiro atoms. The molecule has 0 N–H and O–H groups in total. The first kappa shape index (κ1) is 56.0. The summed E-state index contributed by atoms with van der Waals surface area (Å²) in [7, 11) is 5.37. The maximum atomic E-state index is 12.7. The number of carboxylic acid groups (broad SMARTS) is 1. The molecule has 0 saturated carbocycles. The Balaban J connectivity index is 4.44. The fraction of sp³-hybridized carbons (Fsp3) is 0.596. The second-order valence-corrected chi connectivity index (χ2v) is 16.0. The molecule has 8 nitrogen and oxygen atoms in total. The lowest BCUT2D eigenvalue weighted by Gasteiger charge is -2.34. The number of carboxylic acids is 1. The van der Waals surface area contributed by atoms with E-state index >= 15 is 0 Å². The SMILES string of the molecule is CC/C=C/C=C/C=C/C=C/C=C/CCCCCC(=O)OC(COCCC(C(=O)[O-])[N+](C)(C)C)COC(=O)CCCCCCC/C=C/C/C=C/C/C=C/C/C=C/CCCCC. The van der Waals surface area contributed by atoms with Crippen molar-refractivity contribution < 1.29 is 38.2 Å². The summed E-state index contributed by atoms with van der Waals surface area (Å²) in [5.74, 6) is -1.83. The van der Waals surface area contributed by atoms with Gasteiger partial charge in [-0.25, -0.2) is 0 Å². The molecular weight excluding hydrogens is 751 g/mol. The van der Waals surface area contributed by atoms with E-state index in [0.29, 0.717) is 12.8 Å². The second-order valence-electron chi connectivity index (χ2n) is 16.0. The van der Waals surface area contributed by atoms with E-state index in [-0.39, 0.29) is 49.1 Å². The first-order valence-electron chi connectivity index (χ1n) is 23.0. The van der Waals surface area contributed by atoms with Crippen molar-refractivity contribution in [2.24, 2.45) is 0 Å². The molecule has 0 heterocycles. The molecular formula is C52H83NO7. The van der Waals surface area contributed by atoms with E-state index in [2.05, 4.69) is 74.6 Å². The lowest BCUT2D eigenvalue weighted by molar-refractivity contribution is -0.889. The number of rotatable bonds is 39. The van der Waals surface area contributed by atoms with Crippen molar-refractivity contribution in [3.8, 4) is 0 Å².